The molecule has 0 bridgehead atoms. The normalized spacial score (nSPS) is 14.1. The molecule has 1 aliphatic heterocycles. The van der Waals surface area contributed by atoms with Crippen LogP contribution in [0.15, 0.2) is 58.5 Å². The second-order valence-electron chi connectivity index (χ2n) is 8.34. The molecular weight excluding hydrogens is 524 g/mol. The summed E-state index contributed by atoms with van der Waals surface area (Å²) in [5.41, 5.74) is 0.420. The van der Waals surface area contributed by atoms with Crippen molar-refractivity contribution >= 4 is 46.1 Å². The van der Waals surface area contributed by atoms with Gasteiger partial charge in [-0.1, -0.05) is 42.2 Å². The molecule has 0 saturated carbocycles. The summed E-state index contributed by atoms with van der Waals surface area (Å²) in [5.74, 6) is -0.698. The maximum atomic E-state index is 13.3. The molecule has 0 radical (unpaired) electrons. The summed E-state index contributed by atoms with van der Waals surface area (Å²) in [7, 11) is 1.57. The Hall–Kier alpha value is -4.27. The van der Waals surface area contributed by atoms with Crippen LogP contribution in [0.5, 0.6) is 11.6 Å². The summed E-state index contributed by atoms with van der Waals surface area (Å²) >= 11 is 6.51. The molecule has 9 nitrogen and oxygen atoms in total. The zero-order chi connectivity index (χ0) is 27.4. The highest BCUT2D eigenvalue weighted by atomic mass is 32.2. The molecule has 0 atom stereocenters. The summed E-state index contributed by atoms with van der Waals surface area (Å²) in [6, 6.07) is 12.4. The highest BCUT2D eigenvalue weighted by Crippen LogP contribution is 2.33. The first-order valence-electron chi connectivity index (χ1n) is 11.4. The van der Waals surface area contributed by atoms with E-state index in [1.807, 2.05) is 18.2 Å². The number of aromatic hydroxyl groups is 1. The molecule has 4 rings (SSSR count). The molecule has 1 aromatic carbocycles. The fraction of sp³-hybridized carbons (Fsp3) is 0.185. The van der Waals surface area contributed by atoms with Gasteiger partial charge in [-0.15, -0.1) is 0 Å². The summed E-state index contributed by atoms with van der Waals surface area (Å²) in [4.78, 5) is 44.9. The summed E-state index contributed by atoms with van der Waals surface area (Å²) in [6.07, 6.45) is 4.63. The van der Waals surface area contributed by atoms with Gasteiger partial charge in [-0.05, 0) is 47.9 Å². The maximum absolute atomic E-state index is 13.3. The molecule has 1 aliphatic rings. The largest absolute Gasteiger partial charge is 0.497 e. The third-order valence-electron chi connectivity index (χ3n) is 5.99. The third kappa shape index (κ3) is 5.37. The van der Waals surface area contributed by atoms with E-state index in [1.54, 1.807) is 43.6 Å². The molecule has 2 aromatic heterocycles. The van der Waals surface area contributed by atoms with Gasteiger partial charge < -0.3 is 9.84 Å². The average molecular weight is 547 g/mol. The Kier molecular flexibility index (Phi) is 8.05. The number of hydrogen-bond donors (Lipinski definition) is 1. The summed E-state index contributed by atoms with van der Waals surface area (Å²) in [5, 5.41) is 20.5. The number of aromatic nitrogens is 2. The maximum Gasteiger partial charge on any atom is 0.271 e. The Morgan fingerprint density at radius 2 is 2.00 bits per heavy atom. The molecule has 3 heterocycles. The summed E-state index contributed by atoms with van der Waals surface area (Å²) in [6.45, 7) is 1.35. The zero-order valence-corrected chi connectivity index (χ0v) is 22.1. The number of methoxy groups -OCH3 is 1. The highest BCUT2D eigenvalue weighted by molar-refractivity contribution is 8.26. The molecule has 0 aliphatic carbocycles. The monoisotopic (exact) mass is 546 g/mol. The Balaban J connectivity index is 1.56. The van der Waals surface area contributed by atoms with E-state index in [0.717, 1.165) is 21.9 Å². The van der Waals surface area contributed by atoms with Gasteiger partial charge in [0.25, 0.3) is 11.5 Å². The predicted molar refractivity (Wildman–Crippen MR) is 147 cm³/mol. The van der Waals surface area contributed by atoms with E-state index in [0.29, 0.717) is 20.5 Å². The van der Waals surface area contributed by atoms with Crippen LogP contribution in [0.4, 0.5) is 0 Å². The van der Waals surface area contributed by atoms with Gasteiger partial charge in [-0.3, -0.25) is 28.8 Å². The Bertz CT molecular complexity index is 1560. The minimum Gasteiger partial charge on any atom is -0.497 e. The molecule has 192 valence electrons. The number of nitrogens with zero attached hydrogens (tertiary/aromatic N) is 4. The van der Waals surface area contributed by atoms with Crippen molar-refractivity contribution in [1.82, 2.24) is 14.5 Å². The van der Waals surface area contributed by atoms with Crippen molar-refractivity contribution in [3.63, 3.8) is 0 Å². The van der Waals surface area contributed by atoms with Crippen LogP contribution in [0.2, 0.25) is 0 Å². The number of hydrogen-bond acceptors (Lipinski definition) is 9. The molecule has 38 heavy (non-hydrogen) atoms. The van der Waals surface area contributed by atoms with Gasteiger partial charge in [0.2, 0.25) is 5.88 Å². The number of carbonyl (C=O) groups is 2. The second-order valence-corrected chi connectivity index (χ2v) is 10.0. The van der Waals surface area contributed by atoms with E-state index in [9.17, 15) is 24.8 Å². The number of carbonyl (C=O) groups excluding carboxylic acids is 2. The molecule has 1 amide bonds. The van der Waals surface area contributed by atoms with Gasteiger partial charge in [0.05, 0.1) is 24.1 Å². The predicted octanol–water partition coefficient (Wildman–Crippen LogP) is 3.66. The first kappa shape index (κ1) is 26.8. The van der Waals surface area contributed by atoms with E-state index in [2.05, 4.69) is 4.98 Å². The SMILES string of the molecule is COc1ccc(/C=C2\SC(=S)N(CCC(=O)c3c(C)c(C#N)c(=O)n(Cc4cccnc4)c3O)C2=O)cc1. The van der Waals surface area contributed by atoms with Crippen LogP contribution in [-0.2, 0) is 11.3 Å². The quantitative estimate of drug-likeness (QED) is 0.256. The standard InChI is InChI=1S/C27H22N4O5S2/c1-16-20(13-28)24(33)31(15-18-4-3-10-29-14-18)26(35)23(16)21(32)9-11-30-25(34)22(38-27(30)37)12-17-5-7-19(36-2)8-6-17/h3-8,10,12,14,35H,9,11,15H2,1-2H3/b22-12-. The van der Waals surface area contributed by atoms with Crippen LogP contribution in [0, 0.1) is 18.3 Å². The van der Waals surface area contributed by atoms with Crippen LogP contribution >= 0.6 is 24.0 Å². The van der Waals surface area contributed by atoms with Crippen molar-refractivity contribution in [1.29, 1.82) is 5.26 Å². The molecule has 0 spiro atoms. The molecule has 0 unspecified atom stereocenters. The average Bonchev–Trinajstić information content (AvgIpc) is 3.18. The molecule has 1 fully saturated rings. The van der Waals surface area contributed by atoms with Crippen LogP contribution < -0.4 is 10.3 Å². The van der Waals surface area contributed by atoms with Gasteiger partial charge in [0.15, 0.2) is 5.78 Å². The number of pyridine rings is 2. The van der Waals surface area contributed by atoms with Crippen LogP contribution in [0.25, 0.3) is 6.08 Å². The zero-order valence-electron chi connectivity index (χ0n) is 20.5. The van der Waals surface area contributed by atoms with Crippen molar-refractivity contribution in [2.45, 2.75) is 19.9 Å². The van der Waals surface area contributed by atoms with Crippen LogP contribution in [0.3, 0.4) is 0 Å². The van der Waals surface area contributed by atoms with Gasteiger partial charge in [-0.2, -0.15) is 5.26 Å². The molecule has 11 heteroatoms. The number of ether oxygens (including phenoxy) is 1. The lowest BCUT2D eigenvalue weighted by Gasteiger charge is -2.17. The Morgan fingerprint density at radius 1 is 1.26 bits per heavy atom. The lowest BCUT2D eigenvalue weighted by Crippen LogP contribution is -2.31. The number of Topliss-reactive ketones (excluding diaryl/α,β-unsaturated/α-hetero) is 1. The molecule has 3 aromatic rings. The van der Waals surface area contributed by atoms with Gasteiger partial charge in [0.1, 0.15) is 21.7 Å². The number of thioether (sulfide) groups is 1. The first-order valence-corrected chi connectivity index (χ1v) is 12.7. The van der Waals surface area contributed by atoms with Crippen molar-refractivity contribution in [2.24, 2.45) is 0 Å². The molecular formula is C27H22N4O5S2. The number of rotatable bonds is 8. The number of nitriles is 1. The lowest BCUT2D eigenvalue weighted by molar-refractivity contribution is -0.122. The van der Waals surface area contributed by atoms with Gasteiger partial charge in [-0.25, -0.2) is 0 Å². The smallest absolute Gasteiger partial charge is 0.271 e. The minimum atomic E-state index is -0.705. The lowest BCUT2D eigenvalue weighted by atomic mass is 9.99. The number of amides is 1. The van der Waals surface area contributed by atoms with Crippen molar-refractivity contribution in [3.05, 3.63) is 91.9 Å². The van der Waals surface area contributed by atoms with E-state index < -0.39 is 17.2 Å². The number of ketones is 1. The van der Waals surface area contributed by atoms with E-state index in [4.69, 9.17) is 17.0 Å². The minimum absolute atomic E-state index is 0.0219. The number of benzene rings is 1. The van der Waals surface area contributed by atoms with Gasteiger partial charge in [0, 0.05) is 25.4 Å². The fourth-order valence-corrected chi connectivity index (χ4v) is 5.30. The first-order chi connectivity index (χ1) is 18.2. The van der Waals surface area contributed by atoms with Crippen molar-refractivity contribution in [2.75, 3.05) is 13.7 Å². The Morgan fingerprint density at radius 3 is 2.63 bits per heavy atom. The summed E-state index contributed by atoms with van der Waals surface area (Å²) < 4.78 is 6.44. The van der Waals surface area contributed by atoms with E-state index in [-0.39, 0.29) is 42.1 Å². The number of thiocarbonyl (C=S) groups is 1. The van der Waals surface area contributed by atoms with E-state index in [1.165, 1.54) is 18.0 Å². The van der Waals surface area contributed by atoms with E-state index >= 15 is 0 Å². The van der Waals surface area contributed by atoms with Gasteiger partial charge >= 0.3 is 0 Å². The van der Waals surface area contributed by atoms with Crippen LogP contribution in [0.1, 0.15) is 39.0 Å². The molecule has 1 N–H and O–H groups in total. The van der Waals surface area contributed by atoms with Crippen LogP contribution in [-0.4, -0.2) is 49.2 Å². The second kappa shape index (κ2) is 11.4. The highest BCUT2D eigenvalue weighted by Gasteiger charge is 2.33. The topological polar surface area (TPSA) is 126 Å². The van der Waals surface area contributed by atoms with Crippen molar-refractivity contribution in [3.8, 4) is 17.7 Å². The third-order valence-corrected chi connectivity index (χ3v) is 7.37. The fourth-order valence-electron chi connectivity index (χ4n) is 3.99. The Labute approximate surface area is 228 Å². The van der Waals surface area contributed by atoms with Crippen molar-refractivity contribution < 1.29 is 19.4 Å². The molecule has 1 saturated heterocycles.